The third kappa shape index (κ3) is 3.90. The van der Waals surface area contributed by atoms with Crippen LogP contribution in [-0.4, -0.2) is 38.8 Å². The Morgan fingerprint density at radius 1 is 1.32 bits per heavy atom. The highest BCUT2D eigenvalue weighted by atomic mass is 127. The number of hydrogen-bond acceptors (Lipinski definition) is 3. The van der Waals surface area contributed by atoms with E-state index in [9.17, 15) is 13.2 Å². The van der Waals surface area contributed by atoms with E-state index in [1.807, 2.05) is 36.4 Å². The van der Waals surface area contributed by atoms with Gasteiger partial charge < -0.3 is 5.32 Å². The van der Waals surface area contributed by atoms with Gasteiger partial charge in [-0.15, -0.1) is 0 Å². The van der Waals surface area contributed by atoms with Gasteiger partial charge in [0.05, 0.1) is 10.5 Å². The second-order valence-corrected chi connectivity index (χ2v) is 7.87. The number of nitrogens with zero attached hydrogens (tertiary/aromatic N) is 1. The van der Waals surface area contributed by atoms with Crippen LogP contribution >= 0.6 is 22.6 Å². The summed E-state index contributed by atoms with van der Waals surface area (Å²) >= 11 is 2.02. The zero-order valence-corrected chi connectivity index (χ0v) is 14.2. The van der Waals surface area contributed by atoms with E-state index in [-0.39, 0.29) is 16.8 Å². The lowest BCUT2D eigenvalue weighted by Gasteiger charge is -2.14. The molecule has 0 bridgehead atoms. The topological polar surface area (TPSA) is 66.5 Å². The molecule has 0 aliphatic heterocycles. The van der Waals surface area contributed by atoms with Crippen LogP contribution in [-0.2, 0) is 10.0 Å². The molecule has 1 aromatic carbocycles. The summed E-state index contributed by atoms with van der Waals surface area (Å²) in [6.45, 7) is 3.70. The fourth-order valence-electron chi connectivity index (χ4n) is 1.39. The van der Waals surface area contributed by atoms with Crippen LogP contribution in [0.4, 0.5) is 0 Å². The van der Waals surface area contributed by atoms with Crippen LogP contribution in [0.15, 0.2) is 23.1 Å². The van der Waals surface area contributed by atoms with Crippen molar-refractivity contribution >= 4 is 38.5 Å². The molecule has 1 aromatic rings. The second kappa shape index (κ2) is 6.19. The zero-order valence-electron chi connectivity index (χ0n) is 11.3. The Labute approximate surface area is 127 Å². The standard InChI is InChI=1S/C12H17IN2O3S/c1-8(2)14-12(16)10-7-9(5-6-11(10)13)19(17,18)15(3)4/h5-8H,1-4H3,(H,14,16). The molecule has 0 heterocycles. The Morgan fingerprint density at radius 3 is 2.37 bits per heavy atom. The number of carbonyl (C=O) groups excluding carboxylic acids is 1. The fourth-order valence-corrected chi connectivity index (χ4v) is 2.90. The van der Waals surface area contributed by atoms with Gasteiger partial charge in [0, 0.05) is 23.7 Å². The lowest BCUT2D eigenvalue weighted by molar-refractivity contribution is 0.0942. The predicted molar refractivity (Wildman–Crippen MR) is 82.6 cm³/mol. The predicted octanol–water partition coefficient (Wildman–Crippen LogP) is 1.68. The Hall–Kier alpha value is -0.670. The van der Waals surface area contributed by atoms with Crippen LogP contribution in [0.2, 0.25) is 0 Å². The number of amides is 1. The van der Waals surface area contributed by atoms with Gasteiger partial charge in [0.2, 0.25) is 10.0 Å². The highest BCUT2D eigenvalue weighted by molar-refractivity contribution is 14.1. The highest BCUT2D eigenvalue weighted by Gasteiger charge is 2.20. The summed E-state index contributed by atoms with van der Waals surface area (Å²) < 4.78 is 25.9. The van der Waals surface area contributed by atoms with Gasteiger partial charge in [-0.25, -0.2) is 12.7 Å². The molecule has 0 spiro atoms. The summed E-state index contributed by atoms with van der Waals surface area (Å²) in [6, 6.07) is 4.54. The molecule has 0 aromatic heterocycles. The van der Waals surface area contributed by atoms with Crippen LogP contribution in [0.25, 0.3) is 0 Å². The number of hydrogen-bond donors (Lipinski definition) is 1. The maximum absolute atomic E-state index is 12.0. The third-order valence-corrected chi connectivity index (χ3v) is 5.13. The van der Waals surface area contributed by atoms with Crippen LogP contribution in [0.5, 0.6) is 0 Å². The molecule has 106 valence electrons. The van der Waals surface area contributed by atoms with E-state index in [0.717, 1.165) is 4.31 Å². The van der Waals surface area contributed by atoms with Gasteiger partial charge in [-0.1, -0.05) is 0 Å². The lowest BCUT2D eigenvalue weighted by atomic mass is 10.2. The van der Waals surface area contributed by atoms with E-state index in [1.54, 1.807) is 6.07 Å². The van der Waals surface area contributed by atoms with Gasteiger partial charge in [0.25, 0.3) is 5.91 Å². The molecule has 19 heavy (non-hydrogen) atoms. The average Bonchev–Trinajstić information content (AvgIpc) is 2.27. The molecule has 1 amide bonds. The SMILES string of the molecule is CC(C)NC(=O)c1cc(S(=O)(=O)N(C)C)ccc1I. The van der Waals surface area contributed by atoms with Crippen LogP contribution in [0.1, 0.15) is 24.2 Å². The van der Waals surface area contributed by atoms with E-state index in [4.69, 9.17) is 0 Å². The largest absolute Gasteiger partial charge is 0.350 e. The number of carbonyl (C=O) groups is 1. The first-order valence-corrected chi connectivity index (χ1v) is 8.21. The van der Waals surface area contributed by atoms with Crippen molar-refractivity contribution in [1.29, 1.82) is 0 Å². The monoisotopic (exact) mass is 396 g/mol. The van der Waals surface area contributed by atoms with Crippen molar-refractivity contribution in [3.8, 4) is 0 Å². The molecule has 0 saturated heterocycles. The number of rotatable bonds is 4. The molecule has 7 heteroatoms. The van der Waals surface area contributed by atoms with Crippen molar-refractivity contribution in [2.75, 3.05) is 14.1 Å². The summed E-state index contributed by atoms with van der Waals surface area (Å²) in [5, 5.41) is 2.76. The summed E-state index contributed by atoms with van der Waals surface area (Å²) in [4.78, 5) is 12.1. The molecule has 5 nitrogen and oxygen atoms in total. The van der Waals surface area contributed by atoms with Gasteiger partial charge in [-0.2, -0.15) is 0 Å². The minimum absolute atomic E-state index is 0.00240. The van der Waals surface area contributed by atoms with Crippen molar-refractivity contribution < 1.29 is 13.2 Å². The van der Waals surface area contributed by atoms with Gasteiger partial charge in [-0.05, 0) is 54.6 Å². The van der Waals surface area contributed by atoms with E-state index < -0.39 is 10.0 Å². The van der Waals surface area contributed by atoms with Gasteiger partial charge >= 0.3 is 0 Å². The molecule has 0 unspecified atom stereocenters. The summed E-state index contributed by atoms with van der Waals surface area (Å²) in [6.07, 6.45) is 0. The first-order chi connectivity index (χ1) is 8.66. The second-order valence-electron chi connectivity index (χ2n) is 4.56. The molecule has 1 N–H and O–H groups in total. The summed E-state index contributed by atoms with van der Waals surface area (Å²) in [5.74, 6) is -0.268. The van der Waals surface area contributed by atoms with Gasteiger partial charge in [0.15, 0.2) is 0 Å². The Bertz CT molecular complexity index is 583. The normalized spacial score (nSPS) is 11.9. The van der Waals surface area contributed by atoms with E-state index in [0.29, 0.717) is 9.13 Å². The molecule has 0 radical (unpaired) electrons. The minimum Gasteiger partial charge on any atom is -0.350 e. The maximum Gasteiger partial charge on any atom is 0.252 e. The zero-order chi connectivity index (χ0) is 14.8. The molecule has 0 aliphatic carbocycles. The molecule has 0 fully saturated rings. The molecular formula is C12H17IN2O3S. The number of sulfonamides is 1. The lowest BCUT2D eigenvalue weighted by Crippen LogP contribution is -2.31. The number of nitrogens with one attached hydrogen (secondary N) is 1. The average molecular weight is 396 g/mol. The maximum atomic E-state index is 12.0. The molecule has 1 rings (SSSR count). The van der Waals surface area contributed by atoms with Gasteiger partial charge in [0.1, 0.15) is 0 Å². The van der Waals surface area contributed by atoms with E-state index >= 15 is 0 Å². The summed E-state index contributed by atoms with van der Waals surface area (Å²) in [5.41, 5.74) is 0.372. The minimum atomic E-state index is -3.53. The quantitative estimate of drug-likeness (QED) is 0.788. The molecule has 0 aliphatic rings. The van der Waals surface area contributed by atoms with Crippen molar-refractivity contribution in [2.24, 2.45) is 0 Å². The third-order valence-electron chi connectivity index (χ3n) is 2.38. The number of benzene rings is 1. The molecular weight excluding hydrogens is 379 g/mol. The Morgan fingerprint density at radius 2 is 1.89 bits per heavy atom. The van der Waals surface area contributed by atoms with E-state index in [1.165, 1.54) is 26.2 Å². The van der Waals surface area contributed by atoms with Crippen molar-refractivity contribution in [3.05, 3.63) is 27.3 Å². The fraction of sp³-hybridized carbons (Fsp3) is 0.417. The van der Waals surface area contributed by atoms with Crippen LogP contribution in [0, 0.1) is 3.57 Å². The van der Waals surface area contributed by atoms with Crippen molar-refractivity contribution in [1.82, 2.24) is 9.62 Å². The van der Waals surface area contributed by atoms with Crippen LogP contribution in [0.3, 0.4) is 0 Å². The van der Waals surface area contributed by atoms with Crippen molar-refractivity contribution in [2.45, 2.75) is 24.8 Å². The van der Waals surface area contributed by atoms with E-state index in [2.05, 4.69) is 5.32 Å². The molecule has 0 saturated carbocycles. The first kappa shape index (κ1) is 16.4. The summed E-state index contributed by atoms with van der Waals surface area (Å²) in [7, 11) is -0.609. The van der Waals surface area contributed by atoms with Crippen LogP contribution < -0.4 is 5.32 Å². The van der Waals surface area contributed by atoms with Gasteiger partial charge in [-0.3, -0.25) is 4.79 Å². The van der Waals surface area contributed by atoms with Crippen molar-refractivity contribution in [3.63, 3.8) is 0 Å². The highest BCUT2D eigenvalue weighted by Crippen LogP contribution is 2.20. The Kier molecular flexibility index (Phi) is 5.34. The first-order valence-electron chi connectivity index (χ1n) is 5.69. The smallest absolute Gasteiger partial charge is 0.252 e. The Balaban J connectivity index is 3.26. The molecule has 0 atom stereocenters. The number of halogens is 1.